The molecule has 0 heterocycles. The Balaban J connectivity index is 1.98. The van der Waals surface area contributed by atoms with Gasteiger partial charge < -0.3 is 4.79 Å². The molecule has 1 heteroatoms. The Morgan fingerprint density at radius 1 is 1.08 bits per heavy atom. The molecule has 0 aromatic heterocycles. The fourth-order valence-electron chi connectivity index (χ4n) is 3.12. The molecule has 0 N–H and O–H groups in total. The Bertz CT molecular complexity index is 168. The fourth-order valence-corrected chi connectivity index (χ4v) is 3.12. The van der Waals surface area contributed by atoms with Crippen molar-refractivity contribution in [3.63, 3.8) is 0 Å². The third-order valence-electron chi connectivity index (χ3n) is 3.85. The summed E-state index contributed by atoms with van der Waals surface area (Å²) < 4.78 is 0. The maximum absolute atomic E-state index is 10.6. The van der Waals surface area contributed by atoms with Crippen LogP contribution in [-0.2, 0) is 4.79 Å². The van der Waals surface area contributed by atoms with Crippen molar-refractivity contribution in [2.75, 3.05) is 0 Å². The zero-order valence-corrected chi connectivity index (χ0v) is 7.72. The highest BCUT2D eigenvalue weighted by Crippen LogP contribution is 2.50. The fraction of sp³-hybridized carbons (Fsp3) is 0.909. The summed E-state index contributed by atoms with van der Waals surface area (Å²) in [5.41, 5.74) is 0.615. The van der Waals surface area contributed by atoms with Gasteiger partial charge in [0.2, 0.25) is 0 Å². The maximum atomic E-state index is 10.6. The van der Waals surface area contributed by atoms with E-state index in [0.717, 1.165) is 0 Å². The van der Waals surface area contributed by atoms with Gasteiger partial charge in [-0.25, -0.2) is 0 Å². The summed E-state index contributed by atoms with van der Waals surface area (Å²) in [6.07, 6.45) is 11.9. The first kappa shape index (κ1) is 8.28. The lowest BCUT2D eigenvalue weighted by Gasteiger charge is -2.33. The third kappa shape index (κ3) is 1.41. The molecule has 0 amide bonds. The van der Waals surface area contributed by atoms with Gasteiger partial charge >= 0.3 is 0 Å². The second-order valence-electron chi connectivity index (χ2n) is 4.70. The van der Waals surface area contributed by atoms with Crippen LogP contribution in [0.2, 0.25) is 0 Å². The molecule has 0 aliphatic heterocycles. The van der Waals surface area contributed by atoms with Crippen LogP contribution in [0.5, 0.6) is 0 Å². The predicted molar refractivity (Wildman–Crippen MR) is 48.9 cm³/mol. The topological polar surface area (TPSA) is 17.1 Å². The molecule has 0 radical (unpaired) electrons. The van der Waals surface area contributed by atoms with Gasteiger partial charge in [-0.05, 0) is 37.5 Å². The maximum Gasteiger partial charge on any atom is 0.123 e. The minimum atomic E-state index is 0.406. The molecule has 2 aliphatic carbocycles. The summed E-state index contributed by atoms with van der Waals surface area (Å²) >= 11 is 0. The van der Waals surface area contributed by atoms with Crippen molar-refractivity contribution in [2.45, 2.75) is 51.4 Å². The first-order valence-corrected chi connectivity index (χ1v) is 5.30. The number of carbonyl (C=O) groups is 1. The highest BCUT2D eigenvalue weighted by Gasteiger charge is 2.39. The van der Waals surface area contributed by atoms with Crippen LogP contribution in [0.3, 0.4) is 0 Å². The molecule has 0 aromatic rings. The van der Waals surface area contributed by atoms with Gasteiger partial charge in [-0.3, -0.25) is 0 Å². The van der Waals surface area contributed by atoms with Gasteiger partial charge in [0.1, 0.15) is 6.29 Å². The molecule has 1 unspecified atom stereocenters. The lowest BCUT2D eigenvalue weighted by atomic mass is 9.72. The third-order valence-corrected chi connectivity index (χ3v) is 3.85. The Morgan fingerprint density at radius 3 is 2.42 bits per heavy atom. The number of aldehydes is 1. The lowest BCUT2D eigenvalue weighted by Crippen LogP contribution is -2.20. The Labute approximate surface area is 74.5 Å². The highest BCUT2D eigenvalue weighted by atomic mass is 16.1. The van der Waals surface area contributed by atoms with Crippen LogP contribution in [0.15, 0.2) is 0 Å². The molecular weight excluding hydrogens is 148 g/mol. The van der Waals surface area contributed by atoms with Crippen LogP contribution >= 0.6 is 0 Å². The normalized spacial score (nSPS) is 33.8. The molecule has 0 aromatic carbocycles. The zero-order valence-electron chi connectivity index (χ0n) is 7.72. The second kappa shape index (κ2) is 3.20. The van der Waals surface area contributed by atoms with Gasteiger partial charge in [-0.1, -0.05) is 19.3 Å². The smallest absolute Gasteiger partial charge is 0.123 e. The van der Waals surface area contributed by atoms with Crippen molar-refractivity contribution in [1.82, 2.24) is 0 Å². The summed E-state index contributed by atoms with van der Waals surface area (Å²) in [4.78, 5) is 10.6. The molecule has 2 fully saturated rings. The van der Waals surface area contributed by atoms with Gasteiger partial charge in [0.25, 0.3) is 0 Å². The Hall–Kier alpha value is -0.330. The van der Waals surface area contributed by atoms with E-state index in [4.69, 9.17) is 0 Å². The summed E-state index contributed by atoms with van der Waals surface area (Å²) in [5, 5.41) is 0. The summed E-state index contributed by atoms with van der Waals surface area (Å²) in [6.45, 7) is 0. The van der Waals surface area contributed by atoms with Gasteiger partial charge in [-0.2, -0.15) is 0 Å². The quantitative estimate of drug-likeness (QED) is 0.547. The lowest BCUT2D eigenvalue weighted by molar-refractivity contribution is -0.111. The van der Waals surface area contributed by atoms with Crippen molar-refractivity contribution in [3.8, 4) is 0 Å². The van der Waals surface area contributed by atoms with E-state index in [2.05, 4.69) is 0 Å². The molecule has 1 spiro atoms. The molecule has 1 atom stereocenters. The van der Waals surface area contributed by atoms with E-state index >= 15 is 0 Å². The predicted octanol–water partition coefficient (Wildman–Crippen LogP) is 2.94. The molecule has 68 valence electrons. The van der Waals surface area contributed by atoms with Crippen LogP contribution in [-0.4, -0.2) is 6.29 Å². The molecule has 1 nitrogen and oxygen atoms in total. The molecule has 2 saturated carbocycles. The minimum Gasteiger partial charge on any atom is -0.303 e. The summed E-state index contributed by atoms with van der Waals surface area (Å²) in [7, 11) is 0. The van der Waals surface area contributed by atoms with Crippen LogP contribution < -0.4 is 0 Å². The number of hydrogen-bond acceptors (Lipinski definition) is 1. The monoisotopic (exact) mass is 166 g/mol. The Morgan fingerprint density at radius 2 is 1.83 bits per heavy atom. The molecule has 2 rings (SSSR count). The molecule has 0 saturated heterocycles. The average molecular weight is 166 g/mol. The standard InChI is InChI=1S/C11H18O/c12-9-10-4-7-11(8-10)5-2-1-3-6-11/h9-10H,1-8H2. The van der Waals surface area contributed by atoms with E-state index in [0.29, 0.717) is 11.3 Å². The Kier molecular flexibility index (Phi) is 2.20. The van der Waals surface area contributed by atoms with Crippen LogP contribution in [0.4, 0.5) is 0 Å². The van der Waals surface area contributed by atoms with E-state index in [1.807, 2.05) is 0 Å². The SMILES string of the molecule is O=CC1CCC2(CCCCC2)C1. The van der Waals surface area contributed by atoms with E-state index in [9.17, 15) is 4.79 Å². The molecule has 0 bridgehead atoms. The summed E-state index contributed by atoms with van der Waals surface area (Å²) in [6, 6.07) is 0. The second-order valence-corrected chi connectivity index (χ2v) is 4.70. The minimum absolute atomic E-state index is 0.406. The van der Waals surface area contributed by atoms with E-state index in [-0.39, 0.29) is 0 Å². The number of hydrogen-bond donors (Lipinski definition) is 0. The van der Waals surface area contributed by atoms with Crippen LogP contribution in [0.1, 0.15) is 51.4 Å². The van der Waals surface area contributed by atoms with Crippen LogP contribution in [0.25, 0.3) is 0 Å². The first-order chi connectivity index (χ1) is 5.85. The number of rotatable bonds is 1. The van der Waals surface area contributed by atoms with E-state index in [1.165, 1.54) is 57.7 Å². The van der Waals surface area contributed by atoms with E-state index in [1.54, 1.807) is 0 Å². The van der Waals surface area contributed by atoms with Crippen molar-refractivity contribution in [2.24, 2.45) is 11.3 Å². The zero-order chi connectivity index (χ0) is 8.44. The van der Waals surface area contributed by atoms with Gasteiger partial charge in [-0.15, -0.1) is 0 Å². The molecular formula is C11H18O. The van der Waals surface area contributed by atoms with Gasteiger partial charge in [0.15, 0.2) is 0 Å². The number of carbonyl (C=O) groups excluding carboxylic acids is 1. The molecule has 2 aliphatic rings. The van der Waals surface area contributed by atoms with Crippen molar-refractivity contribution < 1.29 is 4.79 Å². The van der Waals surface area contributed by atoms with E-state index < -0.39 is 0 Å². The van der Waals surface area contributed by atoms with Gasteiger partial charge in [0, 0.05) is 5.92 Å². The largest absolute Gasteiger partial charge is 0.303 e. The first-order valence-electron chi connectivity index (χ1n) is 5.30. The van der Waals surface area contributed by atoms with Crippen molar-refractivity contribution in [1.29, 1.82) is 0 Å². The van der Waals surface area contributed by atoms with Gasteiger partial charge in [0.05, 0.1) is 0 Å². The van der Waals surface area contributed by atoms with Crippen molar-refractivity contribution in [3.05, 3.63) is 0 Å². The highest BCUT2D eigenvalue weighted by molar-refractivity contribution is 5.54. The summed E-state index contributed by atoms with van der Waals surface area (Å²) in [5.74, 6) is 0.406. The molecule has 12 heavy (non-hydrogen) atoms. The van der Waals surface area contributed by atoms with Crippen molar-refractivity contribution >= 4 is 6.29 Å². The average Bonchev–Trinajstić information content (AvgIpc) is 2.50. The van der Waals surface area contributed by atoms with Crippen LogP contribution in [0, 0.1) is 11.3 Å².